The third-order valence-electron chi connectivity index (χ3n) is 3.24. The van der Waals surface area contributed by atoms with E-state index in [2.05, 4.69) is 58.0 Å². The highest BCUT2D eigenvalue weighted by Crippen LogP contribution is 2.33. The molecule has 0 radical (unpaired) electrons. The molecule has 0 bridgehead atoms. The Morgan fingerprint density at radius 1 is 1.33 bits per heavy atom. The molecule has 1 atom stereocenters. The standard InChI is InChI=1S/C14H9BrF2IN3O2S/c1-6-4-7(18)2-3-10(6)19-13-8(14-20-23-24(22)21-14)5-9(15)11(16)12(13)17/h2-5,19H,1H3,(H,20,21). The van der Waals surface area contributed by atoms with E-state index in [9.17, 15) is 13.0 Å². The number of anilines is 2. The van der Waals surface area contributed by atoms with Gasteiger partial charge in [-0.25, -0.2) is 8.78 Å². The first-order valence-electron chi connectivity index (χ1n) is 6.51. The number of aryl methyl sites for hydroxylation is 1. The number of nitrogens with zero attached hydrogens (tertiary/aromatic N) is 1. The molecule has 2 N–H and O–H groups in total. The topological polar surface area (TPSA) is 62.7 Å². The van der Waals surface area contributed by atoms with Crippen molar-refractivity contribution in [2.75, 3.05) is 5.32 Å². The van der Waals surface area contributed by atoms with Crippen molar-refractivity contribution in [2.24, 2.45) is 5.16 Å². The summed E-state index contributed by atoms with van der Waals surface area (Å²) in [5.74, 6) is -2.08. The van der Waals surface area contributed by atoms with E-state index in [-0.39, 0.29) is 21.6 Å². The molecule has 126 valence electrons. The average molecular weight is 528 g/mol. The van der Waals surface area contributed by atoms with E-state index in [1.807, 2.05) is 19.1 Å². The van der Waals surface area contributed by atoms with Gasteiger partial charge in [-0.15, -0.1) is 0 Å². The first kappa shape index (κ1) is 17.5. The Bertz CT molecular complexity index is 895. The molecule has 2 aromatic carbocycles. The zero-order valence-electron chi connectivity index (χ0n) is 12.0. The van der Waals surface area contributed by atoms with Crippen molar-refractivity contribution < 1.29 is 17.3 Å². The van der Waals surface area contributed by atoms with Crippen LogP contribution in [0.15, 0.2) is 33.9 Å². The van der Waals surface area contributed by atoms with Gasteiger partial charge in [-0.3, -0.25) is 9.01 Å². The zero-order valence-corrected chi connectivity index (χ0v) is 16.6. The Labute approximate surface area is 160 Å². The fourth-order valence-corrected chi connectivity index (χ4v) is 3.63. The summed E-state index contributed by atoms with van der Waals surface area (Å²) >= 11 is 3.27. The van der Waals surface area contributed by atoms with Gasteiger partial charge >= 0.3 is 11.3 Å². The molecule has 0 aliphatic carbocycles. The van der Waals surface area contributed by atoms with Crippen LogP contribution in [0.5, 0.6) is 0 Å². The van der Waals surface area contributed by atoms with Gasteiger partial charge < -0.3 is 5.32 Å². The zero-order chi connectivity index (χ0) is 17.4. The van der Waals surface area contributed by atoms with Crippen molar-refractivity contribution in [3.63, 3.8) is 0 Å². The first-order valence-corrected chi connectivity index (χ1v) is 9.46. The van der Waals surface area contributed by atoms with Crippen LogP contribution >= 0.6 is 38.5 Å². The lowest BCUT2D eigenvalue weighted by atomic mass is 10.1. The van der Waals surface area contributed by atoms with Crippen LogP contribution in [0.1, 0.15) is 11.1 Å². The second kappa shape index (κ2) is 6.92. The molecule has 1 unspecified atom stereocenters. The van der Waals surface area contributed by atoms with Crippen LogP contribution in [0.3, 0.4) is 0 Å². The molecule has 0 spiro atoms. The molecule has 24 heavy (non-hydrogen) atoms. The monoisotopic (exact) mass is 527 g/mol. The molecule has 10 heteroatoms. The summed E-state index contributed by atoms with van der Waals surface area (Å²) in [6.45, 7) is 1.85. The van der Waals surface area contributed by atoms with Gasteiger partial charge in [0.1, 0.15) is 0 Å². The van der Waals surface area contributed by atoms with Crippen molar-refractivity contribution >= 4 is 67.0 Å². The van der Waals surface area contributed by atoms with Crippen LogP contribution in [0.25, 0.3) is 0 Å². The van der Waals surface area contributed by atoms with Gasteiger partial charge in [0.15, 0.2) is 17.5 Å². The Morgan fingerprint density at radius 3 is 2.71 bits per heavy atom. The van der Waals surface area contributed by atoms with Crippen LogP contribution in [0.2, 0.25) is 0 Å². The number of halogens is 4. The maximum atomic E-state index is 14.5. The van der Waals surface area contributed by atoms with Gasteiger partial charge in [-0.2, -0.15) is 4.21 Å². The fourth-order valence-electron chi connectivity index (χ4n) is 2.10. The molecule has 0 aromatic heterocycles. The van der Waals surface area contributed by atoms with Crippen molar-refractivity contribution in [1.29, 1.82) is 0 Å². The molecular weight excluding hydrogens is 519 g/mol. The van der Waals surface area contributed by atoms with Gasteiger partial charge in [0, 0.05) is 14.8 Å². The third kappa shape index (κ3) is 3.40. The molecule has 0 amide bonds. The second-order valence-electron chi connectivity index (χ2n) is 4.84. The molecule has 5 nitrogen and oxygen atoms in total. The highest BCUT2D eigenvalue weighted by atomic mass is 127. The van der Waals surface area contributed by atoms with E-state index in [4.69, 9.17) is 0 Å². The summed E-state index contributed by atoms with van der Waals surface area (Å²) in [7, 11) is 0. The minimum atomic E-state index is -1.85. The molecule has 0 saturated carbocycles. The van der Waals surface area contributed by atoms with E-state index in [1.165, 1.54) is 6.07 Å². The van der Waals surface area contributed by atoms with Crippen LogP contribution in [-0.2, 0) is 15.6 Å². The summed E-state index contributed by atoms with van der Waals surface area (Å²) in [4.78, 5) is 0. The third-order valence-corrected chi connectivity index (χ3v) is 5.06. The predicted molar refractivity (Wildman–Crippen MR) is 100 cm³/mol. The number of amidine groups is 1. The maximum absolute atomic E-state index is 14.5. The average Bonchev–Trinajstić information content (AvgIpc) is 2.96. The van der Waals surface area contributed by atoms with Gasteiger partial charge in [0.2, 0.25) is 0 Å². The normalized spacial score (nSPS) is 16.4. The van der Waals surface area contributed by atoms with Gasteiger partial charge in [0.05, 0.1) is 10.2 Å². The van der Waals surface area contributed by atoms with Crippen molar-refractivity contribution in [2.45, 2.75) is 6.92 Å². The summed E-state index contributed by atoms with van der Waals surface area (Å²) in [5, 5.41) is 6.47. The highest BCUT2D eigenvalue weighted by Gasteiger charge is 2.25. The van der Waals surface area contributed by atoms with Gasteiger partial charge in [-0.1, -0.05) is 0 Å². The van der Waals surface area contributed by atoms with Gasteiger partial charge in [0.25, 0.3) is 0 Å². The summed E-state index contributed by atoms with van der Waals surface area (Å²) in [6, 6.07) is 6.84. The summed E-state index contributed by atoms with van der Waals surface area (Å²) in [6.07, 6.45) is 0. The van der Waals surface area contributed by atoms with E-state index in [0.717, 1.165) is 9.13 Å². The summed E-state index contributed by atoms with van der Waals surface area (Å²) < 4.78 is 47.7. The van der Waals surface area contributed by atoms with Crippen LogP contribution in [0, 0.1) is 22.1 Å². The lowest BCUT2D eigenvalue weighted by Gasteiger charge is -2.15. The van der Waals surface area contributed by atoms with Crippen molar-refractivity contribution in [3.05, 3.63) is 55.1 Å². The molecule has 3 rings (SSSR count). The largest absolute Gasteiger partial charge is 0.352 e. The molecule has 0 fully saturated rings. The van der Waals surface area contributed by atoms with Crippen LogP contribution in [-0.4, -0.2) is 10.0 Å². The molecule has 0 saturated heterocycles. The molecule has 1 aliphatic heterocycles. The van der Waals surface area contributed by atoms with Crippen molar-refractivity contribution in [3.8, 4) is 0 Å². The van der Waals surface area contributed by atoms with E-state index >= 15 is 0 Å². The van der Waals surface area contributed by atoms with Crippen LogP contribution in [0.4, 0.5) is 20.2 Å². The number of hydrogen-bond donors (Lipinski definition) is 2. The molecule has 1 aliphatic rings. The number of oxime groups is 1. The second-order valence-corrected chi connectivity index (χ2v) is 7.77. The lowest BCUT2D eigenvalue weighted by molar-refractivity contribution is 0.385. The molecular formula is C14H9BrF2IN3O2S. The fraction of sp³-hybridized carbons (Fsp3) is 0.0714. The Kier molecular flexibility index (Phi) is 5.06. The maximum Gasteiger partial charge on any atom is 0.338 e. The number of benzene rings is 2. The summed E-state index contributed by atoms with van der Waals surface area (Å²) in [5.41, 5.74) is 1.52. The predicted octanol–water partition coefficient (Wildman–Crippen LogP) is 4.24. The van der Waals surface area contributed by atoms with Crippen molar-refractivity contribution in [1.82, 2.24) is 4.72 Å². The van der Waals surface area contributed by atoms with Crippen LogP contribution < -0.4 is 10.0 Å². The smallest absolute Gasteiger partial charge is 0.338 e. The Morgan fingerprint density at radius 2 is 2.08 bits per heavy atom. The first-order chi connectivity index (χ1) is 11.4. The Hall–Kier alpha value is -1.27. The highest BCUT2D eigenvalue weighted by molar-refractivity contribution is 14.1. The minimum Gasteiger partial charge on any atom is -0.352 e. The molecule has 2 aromatic rings. The number of nitrogens with one attached hydrogen (secondary N) is 2. The van der Waals surface area contributed by atoms with E-state index < -0.39 is 22.9 Å². The van der Waals surface area contributed by atoms with Gasteiger partial charge in [-0.05, 0) is 80.4 Å². The SMILES string of the molecule is Cc1cc(I)ccc1Nc1c(C2=NOS(=O)N2)cc(Br)c(F)c1F. The lowest BCUT2D eigenvalue weighted by Crippen LogP contribution is -2.22. The minimum absolute atomic E-state index is 0.0404. The number of hydrogen-bond acceptors (Lipinski definition) is 4. The Balaban J connectivity index is 2.11. The van der Waals surface area contributed by atoms with E-state index in [1.54, 1.807) is 6.07 Å². The number of rotatable bonds is 3. The quantitative estimate of drug-likeness (QED) is 0.463. The van der Waals surface area contributed by atoms with E-state index in [0.29, 0.717) is 5.69 Å². The molecule has 1 heterocycles.